The summed E-state index contributed by atoms with van der Waals surface area (Å²) in [6.45, 7) is 6.92. The Labute approximate surface area is 169 Å². The van der Waals surface area contributed by atoms with Gasteiger partial charge in [-0.3, -0.25) is 9.59 Å². The molecule has 0 saturated carbocycles. The van der Waals surface area contributed by atoms with Crippen molar-refractivity contribution in [1.29, 1.82) is 0 Å². The van der Waals surface area contributed by atoms with Gasteiger partial charge in [0.2, 0.25) is 15.9 Å². The van der Waals surface area contributed by atoms with Crippen LogP contribution in [0.1, 0.15) is 35.3 Å². The van der Waals surface area contributed by atoms with Crippen molar-refractivity contribution < 1.29 is 18.0 Å². The van der Waals surface area contributed by atoms with Gasteiger partial charge < -0.3 is 5.32 Å². The van der Waals surface area contributed by atoms with E-state index in [1.807, 2.05) is 19.9 Å². The standard InChI is InChI=1S/C20H21ClN2O4S/c1-12-8-13(2)17(16(21)9-12)22-18(24)14-6-5-7-15(10-14)23-19(25)20(3,4)11-28(23,26)27/h5-10H,11H2,1-4H3,(H,22,24). The van der Waals surface area contributed by atoms with E-state index in [0.717, 1.165) is 15.4 Å². The molecule has 0 bridgehead atoms. The highest BCUT2D eigenvalue weighted by Gasteiger charge is 2.49. The van der Waals surface area contributed by atoms with Gasteiger partial charge in [-0.25, -0.2) is 12.7 Å². The number of amides is 2. The number of carbonyl (C=O) groups is 2. The molecule has 0 aromatic heterocycles. The number of carbonyl (C=O) groups excluding carboxylic acids is 2. The van der Waals surface area contributed by atoms with Gasteiger partial charge in [0, 0.05) is 5.56 Å². The largest absolute Gasteiger partial charge is 0.320 e. The smallest absolute Gasteiger partial charge is 0.255 e. The Balaban J connectivity index is 1.94. The predicted octanol–water partition coefficient (Wildman–Crippen LogP) is 3.91. The lowest BCUT2D eigenvalue weighted by Gasteiger charge is -2.18. The molecule has 6 nitrogen and oxygen atoms in total. The van der Waals surface area contributed by atoms with Crippen LogP contribution < -0.4 is 9.62 Å². The number of rotatable bonds is 3. The number of nitrogens with zero attached hydrogens (tertiary/aromatic N) is 1. The first-order valence-corrected chi connectivity index (χ1v) is 10.7. The van der Waals surface area contributed by atoms with Gasteiger partial charge in [0.15, 0.2) is 0 Å². The van der Waals surface area contributed by atoms with E-state index in [1.54, 1.807) is 32.0 Å². The number of hydrogen-bond donors (Lipinski definition) is 1. The number of nitrogens with one attached hydrogen (secondary N) is 1. The Morgan fingerprint density at radius 2 is 1.86 bits per heavy atom. The van der Waals surface area contributed by atoms with Crippen LogP contribution in [-0.2, 0) is 14.8 Å². The molecule has 8 heteroatoms. The van der Waals surface area contributed by atoms with Crippen LogP contribution in [0.3, 0.4) is 0 Å². The summed E-state index contributed by atoms with van der Waals surface area (Å²) in [6.07, 6.45) is 0. The first-order valence-electron chi connectivity index (χ1n) is 8.68. The lowest BCUT2D eigenvalue weighted by atomic mass is 9.95. The van der Waals surface area contributed by atoms with Crippen molar-refractivity contribution in [3.8, 4) is 0 Å². The molecular formula is C20H21ClN2O4S. The fourth-order valence-electron chi connectivity index (χ4n) is 3.29. The summed E-state index contributed by atoms with van der Waals surface area (Å²) in [5.41, 5.74) is 1.64. The molecule has 0 aliphatic carbocycles. The van der Waals surface area contributed by atoms with Crippen molar-refractivity contribution in [2.24, 2.45) is 5.41 Å². The average molecular weight is 421 g/mol. The topological polar surface area (TPSA) is 83.6 Å². The Kier molecular flexibility index (Phi) is 5.02. The molecule has 1 aliphatic heterocycles. The maximum absolute atomic E-state index is 12.7. The Morgan fingerprint density at radius 3 is 2.43 bits per heavy atom. The maximum atomic E-state index is 12.7. The number of hydrogen-bond acceptors (Lipinski definition) is 4. The first kappa shape index (κ1) is 20.4. The SMILES string of the molecule is Cc1cc(C)c(NC(=O)c2cccc(N3C(=O)C(C)(C)CS3(=O)=O)c2)c(Cl)c1. The van der Waals surface area contributed by atoms with Gasteiger partial charge in [-0.2, -0.15) is 0 Å². The lowest BCUT2D eigenvalue weighted by molar-refractivity contribution is -0.123. The monoisotopic (exact) mass is 420 g/mol. The molecule has 28 heavy (non-hydrogen) atoms. The van der Waals surface area contributed by atoms with E-state index in [1.165, 1.54) is 12.1 Å². The van der Waals surface area contributed by atoms with Gasteiger partial charge in [0.25, 0.3) is 5.91 Å². The van der Waals surface area contributed by atoms with Crippen LogP contribution in [-0.4, -0.2) is 26.0 Å². The molecule has 0 spiro atoms. The van der Waals surface area contributed by atoms with Crippen molar-refractivity contribution in [3.63, 3.8) is 0 Å². The lowest BCUT2D eigenvalue weighted by Crippen LogP contribution is -2.33. The van der Waals surface area contributed by atoms with Crippen LogP contribution in [0.4, 0.5) is 11.4 Å². The van der Waals surface area contributed by atoms with E-state index in [-0.39, 0.29) is 17.0 Å². The highest BCUT2D eigenvalue weighted by Crippen LogP contribution is 2.36. The molecule has 2 amide bonds. The summed E-state index contributed by atoms with van der Waals surface area (Å²) in [7, 11) is -3.79. The number of anilines is 2. The van der Waals surface area contributed by atoms with Crippen molar-refractivity contribution in [1.82, 2.24) is 0 Å². The minimum absolute atomic E-state index is 0.148. The molecule has 1 fully saturated rings. The molecule has 1 heterocycles. The Morgan fingerprint density at radius 1 is 1.18 bits per heavy atom. The third-order valence-corrected chi connectivity index (χ3v) is 6.92. The second-order valence-corrected chi connectivity index (χ2v) is 9.88. The zero-order valence-corrected chi connectivity index (χ0v) is 17.6. The third kappa shape index (κ3) is 3.64. The molecule has 1 aliphatic rings. The van der Waals surface area contributed by atoms with Gasteiger partial charge in [0.1, 0.15) is 0 Å². The fraction of sp³-hybridized carbons (Fsp3) is 0.300. The van der Waals surface area contributed by atoms with Crippen LogP contribution in [0, 0.1) is 19.3 Å². The molecule has 3 rings (SSSR count). The maximum Gasteiger partial charge on any atom is 0.255 e. The Hall–Kier alpha value is -2.38. The Bertz CT molecular complexity index is 1070. The molecule has 0 atom stereocenters. The van der Waals surface area contributed by atoms with E-state index < -0.39 is 27.3 Å². The molecule has 0 unspecified atom stereocenters. The number of sulfonamides is 1. The van der Waals surface area contributed by atoms with E-state index >= 15 is 0 Å². The summed E-state index contributed by atoms with van der Waals surface area (Å²) in [6, 6.07) is 9.63. The molecule has 2 aromatic rings. The van der Waals surface area contributed by atoms with Crippen LogP contribution in [0.15, 0.2) is 36.4 Å². The summed E-state index contributed by atoms with van der Waals surface area (Å²) >= 11 is 6.24. The van der Waals surface area contributed by atoms with Gasteiger partial charge in [-0.05, 0) is 63.1 Å². The van der Waals surface area contributed by atoms with Gasteiger partial charge in [0.05, 0.1) is 27.6 Å². The first-order chi connectivity index (χ1) is 12.9. The highest BCUT2D eigenvalue weighted by molar-refractivity contribution is 7.94. The van der Waals surface area contributed by atoms with Crippen LogP contribution >= 0.6 is 11.6 Å². The number of benzene rings is 2. The van der Waals surface area contributed by atoms with Gasteiger partial charge in [-0.15, -0.1) is 0 Å². The summed E-state index contributed by atoms with van der Waals surface area (Å²) in [5.74, 6) is -1.23. The zero-order chi connectivity index (χ0) is 20.9. The summed E-state index contributed by atoms with van der Waals surface area (Å²) < 4.78 is 25.7. The van der Waals surface area contributed by atoms with E-state index in [4.69, 9.17) is 11.6 Å². The molecule has 1 N–H and O–H groups in total. The third-order valence-electron chi connectivity index (χ3n) is 4.60. The van der Waals surface area contributed by atoms with Crippen molar-refractivity contribution in [2.45, 2.75) is 27.7 Å². The van der Waals surface area contributed by atoms with Crippen LogP contribution in [0.2, 0.25) is 5.02 Å². The van der Waals surface area contributed by atoms with Crippen molar-refractivity contribution in [2.75, 3.05) is 15.4 Å². The van der Waals surface area contributed by atoms with Crippen LogP contribution in [0.5, 0.6) is 0 Å². The van der Waals surface area contributed by atoms with Gasteiger partial charge >= 0.3 is 0 Å². The second kappa shape index (κ2) is 6.90. The van der Waals surface area contributed by atoms with Gasteiger partial charge in [-0.1, -0.05) is 23.7 Å². The minimum Gasteiger partial charge on any atom is -0.320 e. The second-order valence-electron chi connectivity index (χ2n) is 7.65. The molecule has 0 radical (unpaired) electrons. The quantitative estimate of drug-likeness (QED) is 0.815. The highest BCUT2D eigenvalue weighted by atomic mass is 35.5. The summed E-state index contributed by atoms with van der Waals surface area (Å²) in [4.78, 5) is 25.3. The molecule has 1 saturated heterocycles. The molecule has 148 valence electrons. The normalized spacial score (nSPS) is 17.6. The minimum atomic E-state index is -3.79. The summed E-state index contributed by atoms with van der Waals surface area (Å²) in [5, 5.41) is 3.18. The van der Waals surface area contributed by atoms with E-state index in [9.17, 15) is 18.0 Å². The number of halogens is 1. The van der Waals surface area contributed by atoms with Crippen molar-refractivity contribution >= 4 is 44.8 Å². The zero-order valence-electron chi connectivity index (χ0n) is 16.0. The predicted molar refractivity (Wildman–Crippen MR) is 110 cm³/mol. The van der Waals surface area contributed by atoms with Crippen LogP contribution in [0.25, 0.3) is 0 Å². The molecule has 2 aromatic carbocycles. The number of aryl methyl sites for hydroxylation is 2. The van der Waals surface area contributed by atoms with E-state index in [2.05, 4.69) is 5.32 Å². The van der Waals surface area contributed by atoms with Crippen molar-refractivity contribution in [3.05, 3.63) is 58.1 Å². The average Bonchev–Trinajstić information content (AvgIpc) is 2.73. The fourth-order valence-corrected chi connectivity index (χ4v) is 5.76. The van der Waals surface area contributed by atoms with E-state index in [0.29, 0.717) is 10.7 Å². The molecular weight excluding hydrogens is 400 g/mol.